The lowest BCUT2D eigenvalue weighted by atomic mass is 10.1. The van der Waals surface area contributed by atoms with Crippen molar-refractivity contribution in [3.63, 3.8) is 0 Å². The van der Waals surface area contributed by atoms with Crippen molar-refractivity contribution in [2.24, 2.45) is 0 Å². The molecule has 0 saturated heterocycles. The van der Waals surface area contributed by atoms with Crippen LogP contribution >= 0.6 is 23.4 Å². The van der Waals surface area contributed by atoms with Crippen LogP contribution in [0.1, 0.15) is 22.2 Å². The average Bonchev–Trinajstić information content (AvgIpc) is 3.31. The predicted octanol–water partition coefficient (Wildman–Crippen LogP) is 6.01. The van der Waals surface area contributed by atoms with E-state index in [4.69, 9.17) is 11.6 Å². The Morgan fingerprint density at radius 3 is 2.47 bits per heavy atom. The van der Waals surface area contributed by atoms with Crippen molar-refractivity contribution >= 4 is 52.8 Å². The summed E-state index contributed by atoms with van der Waals surface area (Å²) in [5.74, 6) is 0.172. The molecule has 0 spiro atoms. The number of anilines is 1. The van der Waals surface area contributed by atoms with Crippen LogP contribution in [0.2, 0.25) is 5.02 Å². The number of rotatable bonds is 8. The third-order valence-electron chi connectivity index (χ3n) is 4.69. The Balaban J connectivity index is 1.54. The minimum absolute atomic E-state index is 0.00575. The van der Waals surface area contributed by atoms with Crippen LogP contribution in [0.5, 0.6) is 0 Å². The summed E-state index contributed by atoms with van der Waals surface area (Å²) >= 11 is 7.04. The Kier molecular flexibility index (Phi) is 7.36. The molecule has 3 aromatic carbocycles. The lowest BCUT2D eigenvalue weighted by Gasteiger charge is -2.15. The normalized spacial score (nSPS) is 11.9. The van der Waals surface area contributed by atoms with Crippen LogP contribution in [0.15, 0.2) is 84.0 Å². The average molecular weight is 492 g/mol. The maximum Gasteiger partial charge on any atom is 0.289 e. The van der Waals surface area contributed by atoms with E-state index < -0.39 is 10.2 Å². The maximum atomic E-state index is 13.2. The fourth-order valence-corrected chi connectivity index (χ4v) is 4.17. The first kappa shape index (κ1) is 23.2. The third-order valence-corrected chi connectivity index (χ3v) is 6.12. The zero-order chi connectivity index (χ0) is 23.9. The number of amides is 1. The van der Waals surface area contributed by atoms with Crippen molar-refractivity contribution in [3.05, 3.63) is 111 Å². The molecule has 0 aliphatic heterocycles. The number of nitro groups is 1. The standard InChI is InChI=1S/C24H18ClN5O3S/c25-19-13-12-18(15-20(19)30(32)33)26-23(31)22(17-9-5-2-6-10-17)34-24-27-21(28-29-24)14-11-16-7-3-1-4-8-16/h1-15,22H,(H,26,31)(H,27,28,29)/b14-11+. The Hall–Kier alpha value is -3.95. The van der Waals surface area contributed by atoms with E-state index in [0.29, 0.717) is 11.0 Å². The molecule has 1 unspecified atom stereocenters. The van der Waals surface area contributed by atoms with Gasteiger partial charge in [-0.15, -0.1) is 5.10 Å². The molecule has 34 heavy (non-hydrogen) atoms. The van der Waals surface area contributed by atoms with Gasteiger partial charge in [0.05, 0.1) is 4.92 Å². The van der Waals surface area contributed by atoms with Gasteiger partial charge in [0, 0.05) is 11.8 Å². The number of hydrogen-bond donors (Lipinski definition) is 2. The number of halogens is 1. The summed E-state index contributed by atoms with van der Waals surface area (Å²) in [5.41, 5.74) is 1.74. The van der Waals surface area contributed by atoms with Crippen LogP contribution in [0, 0.1) is 10.1 Å². The van der Waals surface area contributed by atoms with Gasteiger partial charge < -0.3 is 5.32 Å². The maximum absolute atomic E-state index is 13.2. The molecule has 0 bridgehead atoms. The molecule has 1 atom stereocenters. The van der Waals surface area contributed by atoms with Crippen molar-refractivity contribution in [1.29, 1.82) is 0 Å². The largest absolute Gasteiger partial charge is 0.325 e. The number of aromatic amines is 1. The van der Waals surface area contributed by atoms with Crippen molar-refractivity contribution < 1.29 is 9.72 Å². The molecule has 0 aliphatic rings. The quantitative estimate of drug-likeness (QED) is 0.177. The zero-order valence-electron chi connectivity index (χ0n) is 17.6. The molecule has 1 aromatic heterocycles. The van der Waals surface area contributed by atoms with Gasteiger partial charge in [-0.05, 0) is 29.3 Å². The topological polar surface area (TPSA) is 114 Å². The fraction of sp³-hybridized carbons (Fsp3) is 0.0417. The van der Waals surface area contributed by atoms with E-state index in [9.17, 15) is 14.9 Å². The van der Waals surface area contributed by atoms with Gasteiger partial charge in [-0.3, -0.25) is 20.0 Å². The number of benzene rings is 3. The third kappa shape index (κ3) is 5.89. The monoisotopic (exact) mass is 491 g/mol. The summed E-state index contributed by atoms with van der Waals surface area (Å²) in [6.45, 7) is 0. The van der Waals surface area contributed by atoms with E-state index in [1.807, 2.05) is 66.7 Å². The molecule has 0 radical (unpaired) electrons. The highest BCUT2D eigenvalue weighted by Gasteiger charge is 2.25. The number of carbonyl (C=O) groups is 1. The van der Waals surface area contributed by atoms with Crippen molar-refractivity contribution in [2.45, 2.75) is 10.4 Å². The summed E-state index contributed by atoms with van der Waals surface area (Å²) < 4.78 is 0. The summed E-state index contributed by atoms with van der Waals surface area (Å²) in [4.78, 5) is 28.2. The summed E-state index contributed by atoms with van der Waals surface area (Å²) in [7, 11) is 0. The van der Waals surface area contributed by atoms with Crippen molar-refractivity contribution in [1.82, 2.24) is 15.2 Å². The fourth-order valence-electron chi connectivity index (χ4n) is 3.07. The van der Waals surface area contributed by atoms with E-state index >= 15 is 0 Å². The second-order valence-electron chi connectivity index (χ2n) is 7.07. The van der Waals surface area contributed by atoms with Crippen LogP contribution < -0.4 is 5.32 Å². The smallest absolute Gasteiger partial charge is 0.289 e. The number of H-pyrrole nitrogens is 1. The Morgan fingerprint density at radius 1 is 1.06 bits per heavy atom. The highest BCUT2D eigenvalue weighted by molar-refractivity contribution is 8.00. The predicted molar refractivity (Wildman–Crippen MR) is 134 cm³/mol. The number of hydrogen-bond acceptors (Lipinski definition) is 6. The van der Waals surface area contributed by atoms with Gasteiger partial charge in [0.15, 0.2) is 0 Å². The van der Waals surface area contributed by atoms with E-state index in [2.05, 4.69) is 20.5 Å². The molecule has 1 amide bonds. The lowest BCUT2D eigenvalue weighted by Crippen LogP contribution is -2.19. The minimum atomic E-state index is -0.697. The van der Waals surface area contributed by atoms with Gasteiger partial charge in [-0.1, -0.05) is 90.1 Å². The number of nitro benzene ring substituents is 1. The molecule has 10 heteroatoms. The van der Waals surface area contributed by atoms with Crippen LogP contribution in [0.3, 0.4) is 0 Å². The first-order chi connectivity index (χ1) is 16.5. The number of aromatic nitrogens is 3. The van der Waals surface area contributed by atoms with Gasteiger partial charge in [0.25, 0.3) is 5.69 Å². The summed E-state index contributed by atoms with van der Waals surface area (Å²) in [6.07, 6.45) is 3.71. The molecule has 4 rings (SSSR count). The first-order valence-corrected chi connectivity index (χ1v) is 11.4. The number of carbonyl (C=O) groups excluding carboxylic acids is 1. The van der Waals surface area contributed by atoms with Crippen LogP contribution in [-0.2, 0) is 4.79 Å². The second-order valence-corrected chi connectivity index (χ2v) is 8.55. The molecule has 0 fully saturated rings. The SMILES string of the molecule is O=C(Nc1ccc(Cl)c([N+](=O)[O-])c1)C(Sc1n[nH]c(/C=C/c2ccccc2)n1)c1ccccc1. The first-order valence-electron chi connectivity index (χ1n) is 10.1. The van der Waals surface area contributed by atoms with Crippen molar-refractivity contribution in [3.8, 4) is 0 Å². The molecule has 0 saturated carbocycles. The van der Waals surface area contributed by atoms with E-state index in [1.165, 1.54) is 30.0 Å². The highest BCUT2D eigenvalue weighted by Crippen LogP contribution is 2.35. The molecular weight excluding hydrogens is 474 g/mol. The number of thioether (sulfide) groups is 1. The van der Waals surface area contributed by atoms with Gasteiger partial charge >= 0.3 is 0 Å². The van der Waals surface area contributed by atoms with Crippen LogP contribution in [0.4, 0.5) is 11.4 Å². The van der Waals surface area contributed by atoms with Gasteiger partial charge in [-0.2, -0.15) is 0 Å². The highest BCUT2D eigenvalue weighted by atomic mass is 35.5. The summed E-state index contributed by atoms with van der Waals surface area (Å²) in [6, 6.07) is 23.0. The number of nitrogens with zero attached hydrogens (tertiary/aromatic N) is 3. The Morgan fingerprint density at radius 2 is 1.76 bits per heavy atom. The molecule has 170 valence electrons. The molecule has 0 aliphatic carbocycles. The molecular formula is C24H18ClN5O3S. The van der Waals surface area contributed by atoms with Crippen LogP contribution in [0.25, 0.3) is 12.2 Å². The van der Waals surface area contributed by atoms with E-state index in [0.717, 1.165) is 11.1 Å². The molecule has 1 heterocycles. The zero-order valence-corrected chi connectivity index (χ0v) is 19.2. The Bertz CT molecular complexity index is 1330. The number of nitrogens with one attached hydrogen (secondary N) is 2. The van der Waals surface area contributed by atoms with Crippen LogP contribution in [-0.4, -0.2) is 26.0 Å². The van der Waals surface area contributed by atoms with Gasteiger partial charge in [0.2, 0.25) is 11.1 Å². The minimum Gasteiger partial charge on any atom is -0.325 e. The van der Waals surface area contributed by atoms with Crippen molar-refractivity contribution in [2.75, 3.05) is 5.32 Å². The second kappa shape index (κ2) is 10.8. The summed E-state index contributed by atoms with van der Waals surface area (Å²) in [5, 5.41) is 20.7. The molecule has 4 aromatic rings. The Labute approximate surface area is 204 Å². The van der Waals surface area contributed by atoms with Gasteiger partial charge in [-0.25, -0.2) is 4.98 Å². The van der Waals surface area contributed by atoms with E-state index in [1.54, 1.807) is 6.08 Å². The molecule has 2 N–H and O–H groups in total. The van der Waals surface area contributed by atoms with Gasteiger partial charge in [0.1, 0.15) is 16.1 Å². The lowest BCUT2D eigenvalue weighted by molar-refractivity contribution is -0.384. The molecule has 8 nitrogen and oxygen atoms in total. The van der Waals surface area contributed by atoms with E-state index in [-0.39, 0.29) is 22.3 Å².